The van der Waals surface area contributed by atoms with Crippen molar-refractivity contribution in [2.45, 2.75) is 31.5 Å². The topological polar surface area (TPSA) is 56.0 Å². The lowest BCUT2D eigenvalue weighted by molar-refractivity contribution is -0.137. The van der Waals surface area contributed by atoms with Crippen molar-refractivity contribution in [3.8, 4) is 0 Å². The van der Waals surface area contributed by atoms with E-state index in [1.165, 1.54) is 0 Å². The third-order valence-electron chi connectivity index (χ3n) is 4.27. The normalized spacial score (nSPS) is 33.9. The van der Waals surface area contributed by atoms with Crippen LogP contribution >= 0.6 is 11.3 Å². The van der Waals surface area contributed by atoms with Gasteiger partial charge in [-0.05, 0) is 31.1 Å². The highest BCUT2D eigenvalue weighted by atomic mass is 32.1. The van der Waals surface area contributed by atoms with Crippen LogP contribution in [-0.2, 0) is 6.18 Å². The number of hydrogen-bond acceptors (Lipinski definition) is 4. The smallest absolute Gasteiger partial charge is 0.327 e. The molecule has 2 N–H and O–H groups in total. The highest BCUT2D eigenvalue weighted by molar-refractivity contribution is 7.13. The summed E-state index contributed by atoms with van der Waals surface area (Å²) in [5, 5.41) is -0.965. The number of alkyl halides is 3. The van der Waals surface area contributed by atoms with Crippen LogP contribution in [0.2, 0.25) is 0 Å². The third kappa shape index (κ3) is 2.08. The van der Waals surface area contributed by atoms with Gasteiger partial charge in [-0.2, -0.15) is 13.2 Å². The zero-order valence-corrected chi connectivity index (χ0v) is 10.8. The van der Waals surface area contributed by atoms with E-state index < -0.39 is 11.2 Å². The Labute approximate surface area is 112 Å². The molecule has 0 radical (unpaired) electrons. The molecule has 7 heteroatoms. The first-order chi connectivity index (χ1) is 8.88. The molecule has 4 atom stereocenters. The minimum atomic E-state index is -4.49. The van der Waals surface area contributed by atoms with E-state index >= 15 is 0 Å². The molecule has 3 nitrogen and oxygen atoms in total. The molecule has 19 heavy (non-hydrogen) atoms. The second-order valence-corrected chi connectivity index (χ2v) is 6.36. The number of nitrogens with zero attached hydrogens (tertiary/aromatic N) is 1. The van der Waals surface area contributed by atoms with Gasteiger partial charge in [0.2, 0.25) is 0 Å². The molecule has 3 rings (SSSR count). The maximum atomic E-state index is 12.5. The molecule has 104 valence electrons. The molecular formula is C12H13F3N2OS. The predicted octanol–water partition coefficient (Wildman–Crippen LogP) is 2.72. The molecule has 1 aromatic rings. The van der Waals surface area contributed by atoms with Gasteiger partial charge in [0.1, 0.15) is 0 Å². The lowest BCUT2D eigenvalue weighted by Crippen LogP contribution is -2.40. The van der Waals surface area contributed by atoms with E-state index in [9.17, 15) is 18.0 Å². The molecule has 0 aromatic carbocycles. The van der Waals surface area contributed by atoms with E-state index in [0.717, 1.165) is 25.5 Å². The molecule has 1 heterocycles. The summed E-state index contributed by atoms with van der Waals surface area (Å²) in [5.74, 6) is 0.0193. The molecular weight excluding hydrogens is 277 g/mol. The van der Waals surface area contributed by atoms with Crippen LogP contribution in [0.5, 0.6) is 0 Å². The number of Topliss-reactive ketones (excluding diaryl/α,β-unsaturated/α-hetero) is 1. The molecule has 0 aliphatic heterocycles. The van der Waals surface area contributed by atoms with Gasteiger partial charge in [0.05, 0.1) is 4.88 Å². The molecule has 1 aromatic heterocycles. The second kappa shape index (κ2) is 4.28. The molecule has 2 saturated carbocycles. The van der Waals surface area contributed by atoms with Crippen molar-refractivity contribution < 1.29 is 18.0 Å². The van der Waals surface area contributed by atoms with Gasteiger partial charge in [0.15, 0.2) is 10.8 Å². The second-order valence-electron chi connectivity index (χ2n) is 5.33. The molecule has 2 aliphatic rings. The highest BCUT2D eigenvalue weighted by Gasteiger charge is 2.49. The summed E-state index contributed by atoms with van der Waals surface area (Å²) in [6, 6.07) is -0.206. The number of ketones is 1. The standard InChI is InChI=1S/C12H13F3N2OS/c13-12(14,15)11-17-4-7(19-11)10(18)8-5-1-2-6(3-5)9(8)16/h4-6,8-9H,1-3,16H2. The highest BCUT2D eigenvalue weighted by Crippen LogP contribution is 2.49. The van der Waals surface area contributed by atoms with Gasteiger partial charge in [-0.1, -0.05) is 0 Å². The summed E-state index contributed by atoms with van der Waals surface area (Å²) < 4.78 is 37.4. The number of nitrogens with two attached hydrogens (primary N) is 1. The van der Waals surface area contributed by atoms with Crippen LogP contribution in [0.3, 0.4) is 0 Å². The maximum Gasteiger partial charge on any atom is 0.443 e. The third-order valence-corrected chi connectivity index (χ3v) is 5.33. The molecule has 2 aliphatic carbocycles. The van der Waals surface area contributed by atoms with E-state index in [0.29, 0.717) is 17.3 Å². The van der Waals surface area contributed by atoms with Gasteiger partial charge in [0.25, 0.3) is 0 Å². The molecule has 0 amide bonds. The predicted molar refractivity (Wildman–Crippen MR) is 63.7 cm³/mol. The lowest BCUT2D eigenvalue weighted by atomic mass is 9.82. The van der Waals surface area contributed by atoms with Gasteiger partial charge in [-0.3, -0.25) is 4.79 Å². The Morgan fingerprint density at radius 2 is 2.05 bits per heavy atom. The number of carbonyl (C=O) groups excluding carboxylic acids is 1. The van der Waals surface area contributed by atoms with Crippen LogP contribution in [0.1, 0.15) is 33.9 Å². The number of hydrogen-bond donors (Lipinski definition) is 1. The fourth-order valence-corrected chi connectivity index (χ4v) is 4.18. The number of halogens is 3. The summed E-state index contributed by atoms with van der Waals surface area (Å²) >= 11 is 0.423. The van der Waals surface area contributed by atoms with Crippen LogP contribution in [-0.4, -0.2) is 16.8 Å². The number of carbonyl (C=O) groups is 1. The van der Waals surface area contributed by atoms with E-state index in [1.54, 1.807) is 0 Å². The first-order valence-corrected chi connectivity index (χ1v) is 7.02. The molecule has 0 saturated heterocycles. The van der Waals surface area contributed by atoms with E-state index in [2.05, 4.69) is 4.98 Å². The SMILES string of the molecule is NC1C2CCC(C2)C1C(=O)c1cnc(C(F)(F)F)s1. The Morgan fingerprint density at radius 1 is 1.37 bits per heavy atom. The Kier molecular flexibility index (Phi) is 2.94. The summed E-state index contributed by atoms with van der Waals surface area (Å²) in [6.45, 7) is 0. The van der Waals surface area contributed by atoms with Crippen LogP contribution in [0, 0.1) is 17.8 Å². The zero-order valence-electron chi connectivity index (χ0n) is 9.98. The van der Waals surface area contributed by atoms with E-state index in [4.69, 9.17) is 5.73 Å². The fourth-order valence-electron chi connectivity index (χ4n) is 3.41. The first kappa shape index (κ1) is 13.1. The fraction of sp³-hybridized carbons (Fsp3) is 0.667. The van der Waals surface area contributed by atoms with Crippen LogP contribution in [0.15, 0.2) is 6.20 Å². The Bertz CT molecular complexity index is 511. The first-order valence-electron chi connectivity index (χ1n) is 6.20. The Hall–Kier alpha value is -0.950. The van der Waals surface area contributed by atoms with Crippen molar-refractivity contribution >= 4 is 17.1 Å². The summed E-state index contributed by atoms with van der Waals surface area (Å²) in [5.41, 5.74) is 6.04. The van der Waals surface area contributed by atoms with Crippen LogP contribution < -0.4 is 5.73 Å². The summed E-state index contributed by atoms with van der Waals surface area (Å²) in [7, 11) is 0. The van der Waals surface area contributed by atoms with Gasteiger partial charge in [-0.25, -0.2) is 4.98 Å². The van der Waals surface area contributed by atoms with Gasteiger partial charge in [-0.15, -0.1) is 11.3 Å². The van der Waals surface area contributed by atoms with Crippen molar-refractivity contribution in [2.75, 3.05) is 0 Å². The average molecular weight is 290 g/mol. The van der Waals surface area contributed by atoms with Gasteiger partial charge >= 0.3 is 6.18 Å². The average Bonchev–Trinajstić information content (AvgIpc) is 3.02. The Balaban J connectivity index is 1.83. The van der Waals surface area contributed by atoms with Crippen molar-refractivity contribution in [2.24, 2.45) is 23.5 Å². The van der Waals surface area contributed by atoms with Crippen molar-refractivity contribution in [3.63, 3.8) is 0 Å². The monoisotopic (exact) mass is 290 g/mol. The van der Waals surface area contributed by atoms with Crippen LogP contribution in [0.25, 0.3) is 0 Å². The summed E-state index contributed by atoms with van der Waals surface area (Å²) in [6.07, 6.45) is -0.525. The summed E-state index contributed by atoms with van der Waals surface area (Å²) in [4.78, 5) is 15.7. The molecule has 2 fully saturated rings. The molecule has 4 unspecified atom stereocenters. The van der Waals surface area contributed by atoms with Gasteiger partial charge in [0, 0.05) is 18.2 Å². The zero-order chi connectivity index (χ0) is 13.8. The van der Waals surface area contributed by atoms with E-state index in [-0.39, 0.29) is 28.5 Å². The minimum absolute atomic E-state index is 0.0836. The van der Waals surface area contributed by atoms with Gasteiger partial charge < -0.3 is 5.73 Å². The largest absolute Gasteiger partial charge is 0.443 e. The van der Waals surface area contributed by atoms with Crippen molar-refractivity contribution in [1.29, 1.82) is 0 Å². The van der Waals surface area contributed by atoms with Crippen LogP contribution in [0.4, 0.5) is 13.2 Å². The quantitative estimate of drug-likeness (QED) is 0.852. The van der Waals surface area contributed by atoms with Crippen molar-refractivity contribution in [3.05, 3.63) is 16.1 Å². The number of fused-ring (bicyclic) bond motifs is 2. The minimum Gasteiger partial charge on any atom is -0.327 e. The van der Waals surface area contributed by atoms with E-state index in [1.807, 2.05) is 0 Å². The number of aromatic nitrogens is 1. The maximum absolute atomic E-state index is 12.5. The number of thiazole rings is 1. The van der Waals surface area contributed by atoms with Crippen molar-refractivity contribution in [1.82, 2.24) is 4.98 Å². The number of rotatable bonds is 2. The lowest BCUT2D eigenvalue weighted by Gasteiger charge is -2.26. The molecule has 2 bridgehead atoms. The molecule has 0 spiro atoms. The Morgan fingerprint density at radius 3 is 2.58 bits per heavy atom.